The van der Waals surface area contributed by atoms with Gasteiger partial charge in [-0.3, -0.25) is 14.3 Å². The van der Waals surface area contributed by atoms with Gasteiger partial charge < -0.3 is 27.2 Å². The molecule has 0 aromatic carbocycles. The molecule has 1 aromatic heterocycles. The van der Waals surface area contributed by atoms with E-state index >= 15 is 0 Å². The van der Waals surface area contributed by atoms with Crippen LogP contribution in [0.1, 0.15) is 61.6 Å². The van der Waals surface area contributed by atoms with Gasteiger partial charge in [-0.1, -0.05) is 55.4 Å². The Hall–Kier alpha value is -1.55. The number of H-pyrrole nitrogens is 1. The molecule has 1 aromatic rings. The van der Waals surface area contributed by atoms with Gasteiger partial charge in [-0.15, -0.1) is 0 Å². The molecule has 3 heterocycles. The lowest BCUT2D eigenvalue weighted by molar-refractivity contribution is -0.299. The van der Waals surface area contributed by atoms with Crippen LogP contribution in [0, 0.1) is 5.92 Å². The summed E-state index contributed by atoms with van der Waals surface area (Å²) < 4.78 is 117. The predicted molar refractivity (Wildman–Crippen MR) is 150 cm³/mol. The molecule has 4 atom stereocenters. The van der Waals surface area contributed by atoms with E-state index in [1.54, 1.807) is 0 Å². The van der Waals surface area contributed by atoms with Crippen molar-refractivity contribution in [3.05, 3.63) is 33.1 Å². The van der Waals surface area contributed by atoms with Gasteiger partial charge in [0.05, 0.1) is 13.2 Å². The molecular weight excluding hydrogens is 638 g/mol. The van der Waals surface area contributed by atoms with Crippen molar-refractivity contribution >= 4 is 17.1 Å². The van der Waals surface area contributed by atoms with E-state index in [1.807, 2.05) is 55.4 Å². The fraction of sp³-hybridized carbons (Fsp3) is 0.846. The molecule has 0 spiro atoms. The molecule has 254 valence electrons. The SMILES string of the molecule is CC(C)[Si]1(C(C)C)OC[C@H]2O[C@@H](n3ccc(=O)[nH]c3=O)C(OCOCC(C(F)(F)F)C(F)(F)F)C2O[Si](C(C)C)(C(C)C)O1. The molecule has 0 bridgehead atoms. The van der Waals surface area contributed by atoms with Gasteiger partial charge in [0, 0.05) is 12.3 Å². The number of alkyl halides is 6. The highest BCUT2D eigenvalue weighted by Gasteiger charge is 2.62. The summed E-state index contributed by atoms with van der Waals surface area (Å²) in [5.74, 6) is -3.73. The number of rotatable bonds is 10. The molecule has 18 heteroatoms. The Bertz CT molecular complexity index is 1190. The third-order valence-electron chi connectivity index (χ3n) is 8.16. The second-order valence-electron chi connectivity index (χ2n) is 12.4. The number of aromatic nitrogens is 2. The maximum Gasteiger partial charge on any atom is 0.402 e. The minimum atomic E-state index is -5.59. The van der Waals surface area contributed by atoms with Gasteiger partial charge in [0.2, 0.25) is 0 Å². The monoisotopic (exact) mass is 680 g/mol. The number of nitrogens with zero attached hydrogens (tertiary/aromatic N) is 1. The quantitative estimate of drug-likeness (QED) is 0.150. The first kappa shape index (κ1) is 36.9. The Kier molecular flexibility index (Phi) is 11.5. The molecule has 0 amide bonds. The number of nitrogens with one attached hydrogen (secondary N) is 1. The van der Waals surface area contributed by atoms with Crippen molar-refractivity contribution in [2.24, 2.45) is 5.92 Å². The summed E-state index contributed by atoms with van der Waals surface area (Å²) in [5.41, 5.74) is -1.84. The van der Waals surface area contributed by atoms with Crippen molar-refractivity contribution in [2.75, 3.05) is 20.0 Å². The van der Waals surface area contributed by atoms with Crippen LogP contribution in [0.4, 0.5) is 26.3 Å². The highest BCUT2D eigenvalue weighted by molar-refractivity contribution is 6.84. The van der Waals surface area contributed by atoms with Gasteiger partial charge in [-0.05, 0) is 22.2 Å². The van der Waals surface area contributed by atoms with Crippen LogP contribution in [-0.2, 0) is 27.2 Å². The van der Waals surface area contributed by atoms with Crippen molar-refractivity contribution in [2.45, 2.75) is 114 Å². The van der Waals surface area contributed by atoms with Gasteiger partial charge in [-0.25, -0.2) is 4.79 Å². The van der Waals surface area contributed by atoms with Crippen LogP contribution in [0.5, 0.6) is 0 Å². The molecule has 0 saturated carbocycles. The third-order valence-corrected chi connectivity index (χ3v) is 18.4. The number of fused-ring (bicyclic) bond motifs is 1. The van der Waals surface area contributed by atoms with Crippen molar-refractivity contribution in [1.29, 1.82) is 0 Å². The van der Waals surface area contributed by atoms with E-state index in [0.717, 1.165) is 16.8 Å². The summed E-state index contributed by atoms with van der Waals surface area (Å²) in [6, 6.07) is 1.06. The Balaban J connectivity index is 2.04. The summed E-state index contributed by atoms with van der Waals surface area (Å²) in [4.78, 5) is 26.7. The number of halogens is 6. The molecule has 2 saturated heterocycles. The number of aromatic amines is 1. The molecule has 2 aliphatic rings. The van der Waals surface area contributed by atoms with Gasteiger partial charge in [-0.2, -0.15) is 26.3 Å². The summed E-state index contributed by atoms with van der Waals surface area (Å²) in [6.07, 6.45) is -14.5. The van der Waals surface area contributed by atoms with E-state index in [9.17, 15) is 35.9 Å². The van der Waals surface area contributed by atoms with Crippen molar-refractivity contribution in [1.82, 2.24) is 9.55 Å². The number of hydrogen-bond acceptors (Lipinski definition) is 8. The molecule has 10 nitrogen and oxygen atoms in total. The Labute approximate surface area is 253 Å². The van der Waals surface area contributed by atoms with Crippen LogP contribution in [0.25, 0.3) is 0 Å². The van der Waals surface area contributed by atoms with Crippen LogP contribution in [-0.4, -0.2) is 77.3 Å². The fourth-order valence-electron chi connectivity index (χ4n) is 5.82. The highest BCUT2D eigenvalue weighted by Crippen LogP contribution is 2.49. The van der Waals surface area contributed by atoms with Crippen LogP contribution in [0.2, 0.25) is 22.2 Å². The standard InChI is InChI=1S/C26H42F6N2O8Si2/c1-14(2)43(15(3)4)39-11-18-21(41-44(42-43,16(5)6)17(7)8)22(23(40-18)34-10-9-20(35)33-24(34)36)38-13-37-12-19(25(27,28)29)26(30,31)32/h9-10,14-19,21-23H,11-13H2,1-8H3,(H,33,35,36)/t18-,21?,22?,23-/m1/s1. The predicted octanol–water partition coefficient (Wildman–Crippen LogP) is 5.49. The molecule has 2 unspecified atom stereocenters. The highest BCUT2D eigenvalue weighted by atomic mass is 28.5. The molecule has 2 fully saturated rings. The first-order valence-electron chi connectivity index (χ1n) is 14.5. The normalized spacial score (nSPS) is 26.1. The Morgan fingerprint density at radius 1 is 0.932 bits per heavy atom. The maximum atomic E-state index is 13.1. The maximum absolute atomic E-state index is 13.1. The van der Waals surface area contributed by atoms with E-state index in [4.69, 9.17) is 27.2 Å². The van der Waals surface area contributed by atoms with Crippen molar-refractivity contribution in [3.63, 3.8) is 0 Å². The average Bonchev–Trinajstić information content (AvgIpc) is 3.17. The average molecular weight is 681 g/mol. The zero-order valence-electron chi connectivity index (χ0n) is 26.0. The van der Waals surface area contributed by atoms with Gasteiger partial charge >= 0.3 is 35.2 Å². The van der Waals surface area contributed by atoms with Crippen LogP contribution >= 0.6 is 0 Å². The molecule has 0 aliphatic carbocycles. The summed E-state index contributed by atoms with van der Waals surface area (Å²) in [7, 11) is -6.28. The summed E-state index contributed by atoms with van der Waals surface area (Å²) >= 11 is 0. The second kappa shape index (κ2) is 13.7. The first-order valence-corrected chi connectivity index (χ1v) is 18.4. The molecular formula is C26H42F6N2O8Si2. The van der Waals surface area contributed by atoms with E-state index in [1.165, 1.54) is 0 Å². The molecule has 1 N–H and O–H groups in total. The first-order chi connectivity index (χ1) is 20.2. The Morgan fingerprint density at radius 3 is 1.95 bits per heavy atom. The number of ether oxygens (including phenoxy) is 3. The molecule has 44 heavy (non-hydrogen) atoms. The lowest BCUT2D eigenvalue weighted by Gasteiger charge is -2.51. The van der Waals surface area contributed by atoms with E-state index < -0.39 is 84.6 Å². The summed E-state index contributed by atoms with van der Waals surface area (Å²) in [6.45, 7) is 13.1. The zero-order chi connectivity index (χ0) is 33.4. The van der Waals surface area contributed by atoms with Crippen molar-refractivity contribution in [3.8, 4) is 0 Å². The lowest BCUT2D eigenvalue weighted by atomic mass is 10.1. The molecule has 2 aliphatic heterocycles. The fourth-order valence-corrected chi connectivity index (χ4v) is 17.0. The topological polar surface area (TPSA) is 110 Å². The van der Waals surface area contributed by atoms with E-state index in [2.05, 4.69) is 4.98 Å². The Morgan fingerprint density at radius 2 is 1.48 bits per heavy atom. The van der Waals surface area contributed by atoms with Gasteiger partial charge in [0.25, 0.3) is 5.56 Å². The smallest absolute Gasteiger partial charge is 0.402 e. The zero-order valence-corrected chi connectivity index (χ0v) is 28.0. The summed E-state index contributed by atoms with van der Waals surface area (Å²) in [5, 5.41) is 0. The number of hydrogen-bond donors (Lipinski definition) is 1. The van der Waals surface area contributed by atoms with Gasteiger partial charge in [0.15, 0.2) is 12.1 Å². The molecule has 0 radical (unpaired) electrons. The minimum absolute atomic E-state index is 0.00158. The van der Waals surface area contributed by atoms with Crippen molar-refractivity contribution < 1.29 is 53.5 Å². The second-order valence-corrected chi connectivity index (χ2v) is 21.2. The largest absolute Gasteiger partial charge is 0.414 e. The van der Waals surface area contributed by atoms with Crippen LogP contribution < -0.4 is 11.2 Å². The van der Waals surface area contributed by atoms with Crippen LogP contribution in [0.3, 0.4) is 0 Å². The van der Waals surface area contributed by atoms with Gasteiger partial charge in [0.1, 0.15) is 25.1 Å². The minimum Gasteiger partial charge on any atom is -0.414 e. The van der Waals surface area contributed by atoms with E-state index in [0.29, 0.717) is 0 Å². The molecule has 3 rings (SSSR count). The van der Waals surface area contributed by atoms with E-state index in [-0.39, 0.29) is 28.8 Å². The van der Waals surface area contributed by atoms with Crippen LogP contribution in [0.15, 0.2) is 21.9 Å². The lowest BCUT2D eigenvalue weighted by Crippen LogP contribution is -2.66. The third kappa shape index (κ3) is 7.53.